The number of fused-ring (bicyclic) bond motifs is 2. The lowest BCUT2D eigenvalue weighted by Crippen LogP contribution is -2.51. The van der Waals surface area contributed by atoms with E-state index in [4.69, 9.17) is 4.99 Å². The van der Waals surface area contributed by atoms with Crippen LogP contribution in [0.2, 0.25) is 0 Å². The van der Waals surface area contributed by atoms with Gasteiger partial charge in [0.1, 0.15) is 24.4 Å². The van der Waals surface area contributed by atoms with Crippen molar-refractivity contribution in [2.45, 2.75) is 30.3 Å². The summed E-state index contributed by atoms with van der Waals surface area (Å²) in [4.78, 5) is 11.5. The second-order valence-electron chi connectivity index (χ2n) is 9.10. The van der Waals surface area contributed by atoms with Gasteiger partial charge in [0, 0.05) is 24.4 Å². The lowest BCUT2D eigenvalue weighted by molar-refractivity contribution is -0.0415. The standard InChI is InChI=1S/C25H26N4O3/c30-13-18-19-11-25(19,22(32)21(18)31)29-12-17(15-7-3-1-4-8-15)20-23(26-14-27-24(20)29)28-16-9-5-2-6-10-16/h1-10,12,14,18-22,24,30-32H,11,13H2,(H,26,27,28)/t18-,19-,20?,21?,22-,24?,25+/m0/s1. The van der Waals surface area contributed by atoms with Gasteiger partial charge < -0.3 is 25.5 Å². The van der Waals surface area contributed by atoms with Crippen molar-refractivity contribution in [3.05, 3.63) is 72.4 Å². The molecular formula is C25H26N4O3. The van der Waals surface area contributed by atoms with Crippen LogP contribution in [0, 0.1) is 17.8 Å². The lowest BCUT2D eigenvalue weighted by Gasteiger charge is -2.37. The van der Waals surface area contributed by atoms with Crippen LogP contribution in [-0.4, -0.2) is 62.9 Å². The average Bonchev–Trinajstić information content (AvgIpc) is 3.37. The molecule has 7 atom stereocenters. The molecule has 2 aromatic rings. The Morgan fingerprint density at radius 3 is 2.44 bits per heavy atom. The maximum absolute atomic E-state index is 11.0. The van der Waals surface area contributed by atoms with Crippen LogP contribution in [0.1, 0.15) is 12.0 Å². The summed E-state index contributed by atoms with van der Waals surface area (Å²) < 4.78 is 0. The molecule has 6 rings (SSSR count). The summed E-state index contributed by atoms with van der Waals surface area (Å²) in [5.74, 6) is 0.370. The van der Waals surface area contributed by atoms with Crippen molar-refractivity contribution in [2.75, 3.05) is 11.9 Å². The maximum Gasteiger partial charge on any atom is 0.137 e. The number of anilines is 1. The van der Waals surface area contributed by atoms with Crippen LogP contribution in [0.25, 0.3) is 5.57 Å². The first-order valence-corrected chi connectivity index (χ1v) is 11.1. The highest BCUT2D eigenvalue weighted by Gasteiger charge is 2.74. The van der Waals surface area contributed by atoms with Crippen LogP contribution in [0.4, 0.5) is 5.69 Å². The Morgan fingerprint density at radius 1 is 1.03 bits per heavy atom. The van der Waals surface area contributed by atoms with Crippen LogP contribution in [0.3, 0.4) is 0 Å². The SMILES string of the molecule is OC[C@@H]1C(O)[C@H](O)[C@@]2(N3C=C(c4ccccc4)C4C(Nc5ccccc5)=NC=NC43)C[C@@H]12. The first kappa shape index (κ1) is 19.7. The summed E-state index contributed by atoms with van der Waals surface area (Å²) in [5.41, 5.74) is 2.48. The number of hydrogen-bond donors (Lipinski definition) is 4. The van der Waals surface area contributed by atoms with Crippen molar-refractivity contribution in [1.82, 2.24) is 4.90 Å². The Morgan fingerprint density at radius 2 is 1.75 bits per heavy atom. The van der Waals surface area contributed by atoms with Crippen molar-refractivity contribution in [3.8, 4) is 0 Å². The van der Waals surface area contributed by atoms with E-state index in [1.165, 1.54) is 0 Å². The zero-order valence-corrected chi connectivity index (χ0v) is 17.5. The molecular weight excluding hydrogens is 404 g/mol. The Bertz CT molecular complexity index is 1100. The maximum atomic E-state index is 11.0. The predicted octanol–water partition coefficient (Wildman–Crippen LogP) is 1.94. The third-order valence-electron chi connectivity index (χ3n) is 7.57. The molecule has 7 nitrogen and oxygen atoms in total. The average molecular weight is 431 g/mol. The second kappa shape index (κ2) is 7.27. The number of para-hydroxylation sites is 1. The molecule has 2 aliphatic carbocycles. The Hall–Kier alpha value is -3.00. The molecule has 0 aromatic heterocycles. The van der Waals surface area contributed by atoms with Crippen LogP contribution in [0.5, 0.6) is 0 Å². The molecule has 32 heavy (non-hydrogen) atoms. The third-order valence-corrected chi connectivity index (χ3v) is 7.57. The summed E-state index contributed by atoms with van der Waals surface area (Å²) in [7, 11) is 0. The zero-order chi connectivity index (χ0) is 21.9. The number of amidine groups is 1. The fourth-order valence-electron chi connectivity index (χ4n) is 5.96. The van der Waals surface area contributed by atoms with E-state index in [0.29, 0.717) is 0 Å². The van der Waals surface area contributed by atoms with Gasteiger partial charge in [-0.1, -0.05) is 48.5 Å². The molecule has 4 aliphatic rings. The van der Waals surface area contributed by atoms with Crippen LogP contribution < -0.4 is 5.32 Å². The molecule has 0 amide bonds. The largest absolute Gasteiger partial charge is 0.396 e. The van der Waals surface area contributed by atoms with Crippen molar-refractivity contribution >= 4 is 23.4 Å². The zero-order valence-electron chi connectivity index (χ0n) is 17.5. The molecule has 7 heteroatoms. The monoisotopic (exact) mass is 430 g/mol. The summed E-state index contributed by atoms with van der Waals surface area (Å²) in [5, 5.41) is 34.9. The number of aliphatic hydroxyl groups is 3. The van der Waals surface area contributed by atoms with Crippen LogP contribution in [-0.2, 0) is 0 Å². The van der Waals surface area contributed by atoms with Crippen LogP contribution in [0.15, 0.2) is 76.8 Å². The highest BCUT2D eigenvalue weighted by molar-refractivity contribution is 6.09. The molecule has 2 aliphatic heterocycles. The van der Waals surface area contributed by atoms with E-state index >= 15 is 0 Å². The van der Waals surface area contributed by atoms with E-state index in [2.05, 4.69) is 33.5 Å². The van der Waals surface area contributed by atoms with Gasteiger partial charge >= 0.3 is 0 Å². The topological polar surface area (TPSA) is 101 Å². The van der Waals surface area contributed by atoms with Gasteiger partial charge in [0.15, 0.2) is 0 Å². The van der Waals surface area contributed by atoms with E-state index in [1.54, 1.807) is 6.34 Å². The first-order chi connectivity index (χ1) is 15.6. The van der Waals surface area contributed by atoms with Gasteiger partial charge in [-0.2, -0.15) is 0 Å². The van der Waals surface area contributed by atoms with Gasteiger partial charge in [-0.05, 0) is 35.6 Å². The van der Waals surface area contributed by atoms with E-state index in [0.717, 1.165) is 29.1 Å². The van der Waals surface area contributed by atoms with Crippen molar-refractivity contribution in [3.63, 3.8) is 0 Å². The van der Waals surface area contributed by atoms with Crippen molar-refractivity contribution in [2.24, 2.45) is 27.7 Å². The fraction of sp³-hybridized carbons (Fsp3) is 0.360. The smallest absolute Gasteiger partial charge is 0.137 e. The highest BCUT2D eigenvalue weighted by Crippen LogP contribution is 2.64. The van der Waals surface area contributed by atoms with E-state index in [-0.39, 0.29) is 30.5 Å². The second-order valence-corrected chi connectivity index (χ2v) is 9.10. The molecule has 2 saturated carbocycles. The quantitative estimate of drug-likeness (QED) is 0.594. The molecule has 164 valence electrons. The summed E-state index contributed by atoms with van der Waals surface area (Å²) in [6, 6.07) is 20.1. The molecule has 2 fully saturated rings. The molecule has 0 spiro atoms. The molecule has 2 heterocycles. The number of aliphatic hydroxyl groups excluding tert-OH is 3. The Kier molecular flexibility index (Phi) is 4.47. The number of nitrogens with zero attached hydrogens (tertiary/aromatic N) is 3. The summed E-state index contributed by atoms with van der Waals surface area (Å²) in [6.07, 6.45) is 2.25. The molecule has 0 radical (unpaired) electrons. The number of benzene rings is 2. The van der Waals surface area contributed by atoms with E-state index in [9.17, 15) is 15.3 Å². The highest BCUT2D eigenvalue weighted by atomic mass is 16.3. The number of aliphatic imine (C=N–C) groups is 2. The molecule has 3 unspecified atom stereocenters. The number of hydrogen-bond acceptors (Lipinski definition) is 7. The minimum absolute atomic E-state index is 0.0316. The third kappa shape index (κ3) is 2.71. The van der Waals surface area contributed by atoms with Gasteiger partial charge in [-0.15, -0.1) is 0 Å². The number of rotatable bonds is 4. The molecule has 4 N–H and O–H groups in total. The Balaban J connectivity index is 1.41. The van der Waals surface area contributed by atoms with Crippen molar-refractivity contribution in [1.29, 1.82) is 0 Å². The predicted molar refractivity (Wildman–Crippen MR) is 123 cm³/mol. The van der Waals surface area contributed by atoms with Gasteiger partial charge in [0.2, 0.25) is 0 Å². The van der Waals surface area contributed by atoms with Gasteiger partial charge in [-0.25, -0.2) is 9.98 Å². The lowest BCUT2D eigenvalue weighted by atomic mass is 9.91. The minimum Gasteiger partial charge on any atom is -0.396 e. The summed E-state index contributed by atoms with van der Waals surface area (Å²) in [6.45, 7) is -0.132. The van der Waals surface area contributed by atoms with E-state index < -0.39 is 17.7 Å². The minimum atomic E-state index is -0.936. The normalized spacial score (nSPS) is 36.9. The van der Waals surface area contributed by atoms with Gasteiger partial charge in [0.25, 0.3) is 0 Å². The Labute approximate surface area is 186 Å². The van der Waals surface area contributed by atoms with Crippen LogP contribution >= 0.6 is 0 Å². The fourth-order valence-corrected chi connectivity index (χ4v) is 5.96. The summed E-state index contributed by atoms with van der Waals surface area (Å²) >= 11 is 0. The van der Waals surface area contributed by atoms with Crippen molar-refractivity contribution < 1.29 is 15.3 Å². The number of nitrogens with one attached hydrogen (secondary N) is 1. The molecule has 2 aromatic carbocycles. The molecule has 0 saturated heterocycles. The molecule has 0 bridgehead atoms. The van der Waals surface area contributed by atoms with Gasteiger partial charge in [-0.3, -0.25) is 0 Å². The first-order valence-electron chi connectivity index (χ1n) is 11.1. The van der Waals surface area contributed by atoms with Gasteiger partial charge in [0.05, 0.1) is 17.6 Å². The van der Waals surface area contributed by atoms with E-state index in [1.807, 2.05) is 48.5 Å².